The van der Waals surface area contributed by atoms with Crippen LogP contribution in [-0.2, 0) is 0 Å². The first-order chi connectivity index (χ1) is 20.8. The van der Waals surface area contributed by atoms with E-state index in [0.29, 0.717) is 17.6 Å². The van der Waals surface area contributed by atoms with Crippen molar-refractivity contribution in [2.75, 3.05) is 0 Å². The van der Waals surface area contributed by atoms with E-state index in [9.17, 15) is 0 Å². The van der Waals surface area contributed by atoms with Gasteiger partial charge < -0.3 is 0 Å². The lowest BCUT2D eigenvalue weighted by molar-refractivity contribution is 0.942. The van der Waals surface area contributed by atoms with Crippen LogP contribution in [0.4, 0.5) is 0 Å². The molecule has 0 bridgehead atoms. The number of aromatic nitrogens is 6. The molecule has 0 aliphatic rings. The molecule has 0 N–H and O–H groups in total. The molecule has 0 fully saturated rings. The van der Waals surface area contributed by atoms with Gasteiger partial charge in [0, 0.05) is 27.3 Å². The number of rotatable bonds is 3. The zero-order chi connectivity index (χ0) is 27.6. The topological polar surface area (TPSA) is 60.9 Å². The predicted molar refractivity (Wildman–Crippen MR) is 169 cm³/mol. The van der Waals surface area contributed by atoms with Crippen molar-refractivity contribution in [3.05, 3.63) is 133 Å². The van der Waals surface area contributed by atoms with Gasteiger partial charge in [-0.05, 0) is 17.5 Å². The Morgan fingerprint density at radius 1 is 0.405 bits per heavy atom. The third kappa shape index (κ3) is 3.26. The van der Waals surface area contributed by atoms with Crippen LogP contribution < -0.4 is 0 Å². The monoisotopic (exact) mass is 538 g/mol. The Hall–Kier alpha value is -5.88. The molecule has 0 aliphatic carbocycles. The summed E-state index contributed by atoms with van der Waals surface area (Å²) in [6.45, 7) is 0. The van der Waals surface area contributed by atoms with E-state index in [4.69, 9.17) is 19.9 Å². The largest absolute Gasteiger partial charge is 0.277 e. The lowest BCUT2D eigenvalue weighted by Gasteiger charge is -2.12. The summed E-state index contributed by atoms with van der Waals surface area (Å²) >= 11 is 0. The van der Waals surface area contributed by atoms with Gasteiger partial charge in [-0.15, -0.1) is 0 Å². The Morgan fingerprint density at radius 3 is 1.60 bits per heavy atom. The molecule has 6 heteroatoms. The highest BCUT2D eigenvalue weighted by Gasteiger charge is 2.23. The van der Waals surface area contributed by atoms with E-state index in [1.807, 2.05) is 60.7 Å². The van der Waals surface area contributed by atoms with Crippen molar-refractivity contribution >= 4 is 49.4 Å². The van der Waals surface area contributed by atoms with Crippen LogP contribution in [0.3, 0.4) is 0 Å². The van der Waals surface area contributed by atoms with Gasteiger partial charge in [0.05, 0.1) is 11.0 Å². The lowest BCUT2D eigenvalue weighted by Crippen LogP contribution is -2.07. The van der Waals surface area contributed by atoms with Gasteiger partial charge in [-0.25, -0.2) is 9.97 Å². The maximum atomic E-state index is 5.30. The summed E-state index contributed by atoms with van der Waals surface area (Å²) in [5, 5.41) is 4.50. The minimum atomic E-state index is 0.549. The van der Waals surface area contributed by atoms with Crippen LogP contribution in [0.5, 0.6) is 0 Å². The van der Waals surface area contributed by atoms with E-state index in [-0.39, 0.29) is 0 Å². The van der Waals surface area contributed by atoms with Gasteiger partial charge in [-0.3, -0.25) is 8.97 Å². The summed E-state index contributed by atoms with van der Waals surface area (Å²) in [6.07, 6.45) is 0. The average molecular weight is 539 g/mol. The van der Waals surface area contributed by atoms with E-state index in [1.54, 1.807) is 0 Å². The lowest BCUT2D eigenvalue weighted by atomic mass is 10.1. The van der Waals surface area contributed by atoms with Crippen LogP contribution in [-0.4, -0.2) is 28.9 Å². The SMILES string of the molecule is c1ccc(-c2nc(-c3ccccc3)nc(-n3c4ccccc4c4nc5c6ccccc6c6ccccc6n5c43)n2)cc1. The van der Waals surface area contributed by atoms with Crippen LogP contribution in [0.2, 0.25) is 0 Å². The molecule has 0 spiro atoms. The molecule has 42 heavy (non-hydrogen) atoms. The molecule has 0 atom stereocenters. The fourth-order valence-corrected chi connectivity index (χ4v) is 6.10. The van der Waals surface area contributed by atoms with Crippen LogP contribution in [0, 0.1) is 0 Å². The average Bonchev–Trinajstić information content (AvgIpc) is 3.61. The van der Waals surface area contributed by atoms with Crippen molar-refractivity contribution in [2.45, 2.75) is 0 Å². The highest BCUT2D eigenvalue weighted by Crippen LogP contribution is 2.37. The second-order valence-corrected chi connectivity index (χ2v) is 10.4. The maximum absolute atomic E-state index is 5.30. The molecule has 9 rings (SSSR count). The molecular weight excluding hydrogens is 516 g/mol. The summed E-state index contributed by atoms with van der Waals surface area (Å²) in [5.41, 5.74) is 6.69. The zero-order valence-electron chi connectivity index (χ0n) is 22.4. The fourth-order valence-electron chi connectivity index (χ4n) is 6.10. The molecule has 5 aromatic carbocycles. The minimum Gasteiger partial charge on any atom is -0.277 e. The minimum absolute atomic E-state index is 0.549. The highest BCUT2D eigenvalue weighted by atomic mass is 15.2. The highest BCUT2D eigenvalue weighted by molar-refractivity contribution is 6.16. The predicted octanol–water partition coefficient (Wildman–Crippen LogP) is 8.26. The molecule has 4 heterocycles. The van der Waals surface area contributed by atoms with Crippen molar-refractivity contribution in [3.8, 4) is 28.7 Å². The summed E-state index contributed by atoms with van der Waals surface area (Å²) in [7, 11) is 0. The molecule has 196 valence electrons. The summed E-state index contributed by atoms with van der Waals surface area (Å²) in [4.78, 5) is 20.4. The quantitative estimate of drug-likeness (QED) is 0.213. The van der Waals surface area contributed by atoms with Gasteiger partial charge in [0.2, 0.25) is 5.95 Å². The van der Waals surface area contributed by atoms with E-state index in [0.717, 1.165) is 49.7 Å². The number of hydrogen-bond donors (Lipinski definition) is 0. The van der Waals surface area contributed by atoms with Gasteiger partial charge in [-0.1, -0.05) is 121 Å². The fraction of sp³-hybridized carbons (Fsp3) is 0. The first-order valence-corrected chi connectivity index (χ1v) is 13.9. The number of hydrogen-bond acceptors (Lipinski definition) is 4. The first-order valence-electron chi connectivity index (χ1n) is 13.9. The molecule has 0 saturated heterocycles. The number of fused-ring (bicyclic) bond motifs is 10. The molecule has 4 aromatic heterocycles. The van der Waals surface area contributed by atoms with Gasteiger partial charge in [0.25, 0.3) is 0 Å². The Bertz CT molecular complexity index is 2400. The summed E-state index contributed by atoms with van der Waals surface area (Å²) in [6, 6.07) is 45.5. The Labute approximate surface area is 240 Å². The number of pyridine rings is 1. The standard InChI is InChI=1S/C36H22N6/c1-3-13-23(14-4-1)32-38-33(24-15-5-2-6-16-24)40-36(39-32)42-30-22-12-10-20-28(30)31-35(42)41-29-21-11-9-18-26(29)25-17-7-8-19-27(25)34(41)37-31/h1-22H. The van der Waals surface area contributed by atoms with E-state index in [2.05, 4.69) is 81.8 Å². The molecule has 0 aliphatic heterocycles. The Kier molecular flexibility index (Phi) is 4.80. The Balaban J connectivity index is 1.48. The third-order valence-electron chi connectivity index (χ3n) is 7.96. The van der Waals surface area contributed by atoms with E-state index < -0.39 is 0 Å². The van der Waals surface area contributed by atoms with E-state index >= 15 is 0 Å². The summed E-state index contributed by atoms with van der Waals surface area (Å²) < 4.78 is 4.41. The van der Waals surface area contributed by atoms with Gasteiger partial charge >= 0.3 is 0 Å². The van der Waals surface area contributed by atoms with Crippen LogP contribution in [0.15, 0.2) is 133 Å². The molecule has 9 aromatic rings. The second-order valence-electron chi connectivity index (χ2n) is 10.4. The smallest absolute Gasteiger partial charge is 0.240 e. The van der Waals surface area contributed by atoms with Crippen LogP contribution in [0.25, 0.3) is 78.1 Å². The van der Waals surface area contributed by atoms with Crippen molar-refractivity contribution < 1.29 is 0 Å². The van der Waals surface area contributed by atoms with Crippen LogP contribution >= 0.6 is 0 Å². The van der Waals surface area contributed by atoms with E-state index in [1.165, 1.54) is 10.8 Å². The number of para-hydroxylation sites is 2. The van der Waals surface area contributed by atoms with Gasteiger partial charge in [0.15, 0.2) is 17.3 Å². The van der Waals surface area contributed by atoms with Crippen molar-refractivity contribution in [1.29, 1.82) is 0 Å². The molecule has 6 nitrogen and oxygen atoms in total. The van der Waals surface area contributed by atoms with Crippen molar-refractivity contribution in [2.24, 2.45) is 0 Å². The zero-order valence-corrected chi connectivity index (χ0v) is 22.4. The number of nitrogens with zero attached hydrogens (tertiary/aromatic N) is 6. The first kappa shape index (κ1) is 22.9. The molecule has 0 saturated carbocycles. The normalized spacial score (nSPS) is 11.8. The summed E-state index contributed by atoms with van der Waals surface area (Å²) in [5.74, 6) is 1.79. The van der Waals surface area contributed by atoms with Gasteiger partial charge in [0.1, 0.15) is 11.2 Å². The second kappa shape index (κ2) is 8.81. The Morgan fingerprint density at radius 2 is 0.929 bits per heavy atom. The molecule has 0 amide bonds. The molecular formula is C36H22N6. The number of benzene rings is 5. The number of imidazole rings is 1. The van der Waals surface area contributed by atoms with Gasteiger partial charge in [-0.2, -0.15) is 9.97 Å². The maximum Gasteiger partial charge on any atom is 0.240 e. The van der Waals surface area contributed by atoms with Crippen LogP contribution in [0.1, 0.15) is 0 Å². The third-order valence-corrected chi connectivity index (χ3v) is 7.96. The van der Waals surface area contributed by atoms with Crippen molar-refractivity contribution in [3.63, 3.8) is 0 Å². The van der Waals surface area contributed by atoms with Crippen molar-refractivity contribution in [1.82, 2.24) is 28.9 Å². The molecule has 0 radical (unpaired) electrons. The molecule has 0 unspecified atom stereocenters.